The first kappa shape index (κ1) is 13.9. The molecule has 0 aliphatic rings. The number of hydrogen-bond donors (Lipinski definition) is 2. The lowest BCUT2D eigenvalue weighted by Gasteiger charge is -1.99. The first-order valence-electron chi connectivity index (χ1n) is 6.30. The molecule has 0 aliphatic heterocycles. The second-order valence-electron chi connectivity index (χ2n) is 4.51. The Labute approximate surface area is 130 Å². The Balaban J connectivity index is 1.78. The molecule has 2 N–H and O–H groups in total. The minimum Gasteiger partial charge on any atom is -0.357 e. The fraction of sp³-hybridized carbons (Fsp3) is 0.0667. The molecule has 0 atom stereocenters. The predicted octanol–water partition coefficient (Wildman–Crippen LogP) is 4.35. The summed E-state index contributed by atoms with van der Waals surface area (Å²) in [6.07, 6.45) is 3.46. The minimum atomic E-state index is -0.182. The van der Waals surface area contributed by atoms with Crippen molar-refractivity contribution in [2.45, 2.75) is 6.92 Å². The van der Waals surface area contributed by atoms with E-state index in [2.05, 4.69) is 15.3 Å². The average molecular weight is 318 g/mol. The fourth-order valence-corrected chi connectivity index (χ4v) is 2.73. The van der Waals surface area contributed by atoms with Crippen LogP contribution in [0.2, 0.25) is 5.02 Å². The van der Waals surface area contributed by atoms with Gasteiger partial charge in [0.15, 0.2) is 0 Å². The summed E-state index contributed by atoms with van der Waals surface area (Å²) in [6, 6.07) is 9.29. The van der Waals surface area contributed by atoms with E-state index in [1.54, 1.807) is 12.4 Å². The standard InChI is InChI=1S/C15H12ClN3OS/c1-9-17-8-14(21-9)19-15(20)13-6-11(7-18-13)10-2-4-12(16)5-3-10/h2-8,18H,1H3,(H,19,20). The van der Waals surface area contributed by atoms with Crippen molar-refractivity contribution >= 4 is 33.8 Å². The molecule has 0 radical (unpaired) electrons. The summed E-state index contributed by atoms with van der Waals surface area (Å²) in [7, 11) is 0. The number of hydrogen-bond acceptors (Lipinski definition) is 3. The van der Waals surface area contributed by atoms with Crippen LogP contribution >= 0.6 is 22.9 Å². The van der Waals surface area contributed by atoms with Gasteiger partial charge in [0.25, 0.3) is 5.91 Å². The lowest BCUT2D eigenvalue weighted by atomic mass is 10.1. The first-order chi connectivity index (χ1) is 10.1. The number of rotatable bonds is 3. The third kappa shape index (κ3) is 3.15. The van der Waals surface area contributed by atoms with Crippen LogP contribution in [0.3, 0.4) is 0 Å². The highest BCUT2D eigenvalue weighted by molar-refractivity contribution is 7.15. The van der Waals surface area contributed by atoms with Crippen molar-refractivity contribution in [1.82, 2.24) is 9.97 Å². The van der Waals surface area contributed by atoms with Crippen LogP contribution in [0.1, 0.15) is 15.5 Å². The van der Waals surface area contributed by atoms with Gasteiger partial charge in [0.1, 0.15) is 10.7 Å². The lowest BCUT2D eigenvalue weighted by molar-refractivity contribution is 0.102. The van der Waals surface area contributed by atoms with Crippen LogP contribution in [0.5, 0.6) is 0 Å². The lowest BCUT2D eigenvalue weighted by Crippen LogP contribution is -2.10. The molecule has 21 heavy (non-hydrogen) atoms. The first-order valence-corrected chi connectivity index (χ1v) is 7.49. The number of halogens is 1. The predicted molar refractivity (Wildman–Crippen MR) is 86.0 cm³/mol. The second kappa shape index (κ2) is 5.71. The third-order valence-electron chi connectivity index (χ3n) is 2.96. The zero-order valence-electron chi connectivity index (χ0n) is 11.2. The van der Waals surface area contributed by atoms with Crippen molar-refractivity contribution in [3.8, 4) is 11.1 Å². The number of H-pyrrole nitrogens is 1. The molecule has 3 rings (SSSR count). The maximum atomic E-state index is 12.1. The molecule has 0 unspecified atom stereocenters. The van der Waals surface area contributed by atoms with E-state index < -0.39 is 0 Å². The molecule has 1 aromatic carbocycles. The van der Waals surface area contributed by atoms with Crippen LogP contribution in [-0.2, 0) is 0 Å². The quantitative estimate of drug-likeness (QED) is 0.754. The summed E-state index contributed by atoms with van der Waals surface area (Å²) in [5.74, 6) is -0.182. The zero-order chi connectivity index (χ0) is 14.8. The normalized spacial score (nSPS) is 10.6. The highest BCUT2D eigenvalue weighted by atomic mass is 35.5. The van der Waals surface area contributed by atoms with Crippen LogP contribution in [0, 0.1) is 6.92 Å². The number of benzene rings is 1. The van der Waals surface area contributed by atoms with Gasteiger partial charge in [-0.15, -0.1) is 11.3 Å². The maximum Gasteiger partial charge on any atom is 0.272 e. The molecule has 2 heterocycles. The largest absolute Gasteiger partial charge is 0.357 e. The molecule has 4 nitrogen and oxygen atoms in total. The number of nitrogens with one attached hydrogen (secondary N) is 2. The molecule has 2 aromatic heterocycles. The molecular weight excluding hydrogens is 306 g/mol. The fourth-order valence-electron chi connectivity index (χ4n) is 1.93. The number of carbonyl (C=O) groups excluding carboxylic acids is 1. The van der Waals surface area contributed by atoms with Gasteiger partial charge >= 0.3 is 0 Å². The number of anilines is 1. The van der Waals surface area contributed by atoms with E-state index in [4.69, 9.17) is 11.6 Å². The molecule has 0 spiro atoms. The van der Waals surface area contributed by atoms with Crippen molar-refractivity contribution in [1.29, 1.82) is 0 Å². The number of aromatic amines is 1. The Kier molecular flexibility index (Phi) is 3.77. The van der Waals surface area contributed by atoms with Crippen LogP contribution in [0.15, 0.2) is 42.7 Å². The van der Waals surface area contributed by atoms with Gasteiger partial charge in [-0.1, -0.05) is 23.7 Å². The third-order valence-corrected chi connectivity index (χ3v) is 4.04. The summed E-state index contributed by atoms with van der Waals surface area (Å²) in [6.45, 7) is 1.90. The number of aryl methyl sites for hydroxylation is 1. The zero-order valence-corrected chi connectivity index (χ0v) is 12.8. The monoisotopic (exact) mass is 317 g/mol. The summed E-state index contributed by atoms with van der Waals surface area (Å²) < 4.78 is 0. The molecule has 0 bridgehead atoms. The van der Waals surface area contributed by atoms with Gasteiger partial charge < -0.3 is 10.3 Å². The van der Waals surface area contributed by atoms with Gasteiger partial charge in [0.05, 0.1) is 11.2 Å². The minimum absolute atomic E-state index is 0.182. The SMILES string of the molecule is Cc1ncc(NC(=O)c2cc(-c3ccc(Cl)cc3)c[nH]2)s1. The van der Waals surface area contributed by atoms with Crippen molar-refractivity contribution in [3.63, 3.8) is 0 Å². The van der Waals surface area contributed by atoms with E-state index >= 15 is 0 Å². The number of amides is 1. The van der Waals surface area contributed by atoms with E-state index in [1.807, 2.05) is 37.3 Å². The van der Waals surface area contributed by atoms with Gasteiger partial charge in [-0.05, 0) is 36.2 Å². The van der Waals surface area contributed by atoms with E-state index in [0.717, 1.165) is 21.1 Å². The van der Waals surface area contributed by atoms with E-state index in [0.29, 0.717) is 10.7 Å². The molecule has 0 saturated heterocycles. The van der Waals surface area contributed by atoms with Gasteiger partial charge in [0.2, 0.25) is 0 Å². The molecule has 0 fully saturated rings. The van der Waals surface area contributed by atoms with Crippen molar-refractivity contribution in [2.75, 3.05) is 5.32 Å². The molecule has 3 aromatic rings. The van der Waals surface area contributed by atoms with E-state index in [9.17, 15) is 4.79 Å². The highest BCUT2D eigenvalue weighted by Crippen LogP contribution is 2.23. The van der Waals surface area contributed by atoms with Gasteiger partial charge in [0, 0.05) is 11.2 Å². The van der Waals surface area contributed by atoms with Crippen LogP contribution in [0.25, 0.3) is 11.1 Å². The van der Waals surface area contributed by atoms with Crippen molar-refractivity contribution < 1.29 is 4.79 Å². The van der Waals surface area contributed by atoms with Crippen molar-refractivity contribution in [2.24, 2.45) is 0 Å². The Morgan fingerprint density at radius 2 is 2.05 bits per heavy atom. The maximum absolute atomic E-state index is 12.1. The molecule has 1 amide bonds. The summed E-state index contributed by atoms with van der Waals surface area (Å²) in [5.41, 5.74) is 2.45. The number of nitrogens with zero attached hydrogens (tertiary/aromatic N) is 1. The highest BCUT2D eigenvalue weighted by Gasteiger charge is 2.11. The smallest absolute Gasteiger partial charge is 0.272 e. The average Bonchev–Trinajstić information content (AvgIpc) is 3.09. The summed E-state index contributed by atoms with van der Waals surface area (Å²) >= 11 is 7.31. The Hall–Kier alpha value is -2.11. The van der Waals surface area contributed by atoms with Crippen LogP contribution in [0.4, 0.5) is 5.00 Å². The van der Waals surface area contributed by atoms with Crippen LogP contribution < -0.4 is 5.32 Å². The topological polar surface area (TPSA) is 57.8 Å². The number of thiazole rings is 1. The van der Waals surface area contributed by atoms with Gasteiger partial charge in [-0.25, -0.2) is 4.98 Å². The molecule has 0 aliphatic carbocycles. The van der Waals surface area contributed by atoms with Crippen molar-refractivity contribution in [3.05, 3.63) is 58.4 Å². The second-order valence-corrected chi connectivity index (χ2v) is 6.18. The Morgan fingerprint density at radius 1 is 1.29 bits per heavy atom. The summed E-state index contributed by atoms with van der Waals surface area (Å²) in [4.78, 5) is 19.2. The van der Waals surface area contributed by atoms with Gasteiger partial charge in [-0.3, -0.25) is 4.79 Å². The van der Waals surface area contributed by atoms with E-state index in [1.165, 1.54) is 11.3 Å². The Morgan fingerprint density at radius 3 is 2.71 bits per heavy atom. The van der Waals surface area contributed by atoms with Crippen LogP contribution in [-0.4, -0.2) is 15.9 Å². The molecule has 106 valence electrons. The molecular formula is C15H12ClN3OS. The summed E-state index contributed by atoms with van der Waals surface area (Å²) in [5, 5.41) is 5.16. The molecule has 0 saturated carbocycles. The number of carbonyl (C=O) groups is 1. The van der Waals surface area contributed by atoms with Gasteiger partial charge in [-0.2, -0.15) is 0 Å². The molecule has 6 heteroatoms. The Bertz CT molecular complexity index is 776. The van der Waals surface area contributed by atoms with E-state index in [-0.39, 0.29) is 5.91 Å². The number of aromatic nitrogens is 2.